The molecule has 0 unspecified atom stereocenters. The molecule has 27 heavy (non-hydrogen) atoms. The van der Waals surface area contributed by atoms with E-state index in [1.807, 2.05) is 51.1 Å². The number of carbonyl (C=O) groups is 1. The largest absolute Gasteiger partial charge is 0.444 e. The molecule has 2 rings (SSSR count). The van der Waals surface area contributed by atoms with Gasteiger partial charge in [0, 0.05) is 0 Å². The second-order valence-corrected chi connectivity index (χ2v) is 8.01. The van der Waals surface area contributed by atoms with Gasteiger partial charge in [0.15, 0.2) is 0 Å². The first-order valence-electron chi connectivity index (χ1n) is 9.25. The molecule has 6 nitrogen and oxygen atoms in total. The van der Waals surface area contributed by atoms with Crippen LogP contribution in [-0.2, 0) is 20.8 Å². The standard InChI is InChI=1S/C21H31NO5/c1-5-11-21(24)15-22(19(23)27-20(2,3)4)12-18(26-16-21)14-25-13-17-9-7-6-8-10-17/h5-10,18,24H,1,11-16H2,2-4H3/t18-,21+/m0/s1. The average Bonchev–Trinajstić information content (AvgIpc) is 2.74. The predicted molar refractivity (Wildman–Crippen MR) is 103 cm³/mol. The SMILES string of the molecule is C=CC[C@]1(O)CO[C@H](COCc2ccccc2)CN(C(=O)OC(C)(C)C)C1. The van der Waals surface area contributed by atoms with E-state index in [4.69, 9.17) is 14.2 Å². The Labute approximate surface area is 161 Å². The lowest BCUT2D eigenvalue weighted by Gasteiger charge is -2.31. The highest BCUT2D eigenvalue weighted by molar-refractivity contribution is 5.68. The van der Waals surface area contributed by atoms with Crippen LogP contribution in [0, 0.1) is 0 Å². The summed E-state index contributed by atoms with van der Waals surface area (Å²) in [5.74, 6) is 0. The molecule has 1 fully saturated rings. The summed E-state index contributed by atoms with van der Waals surface area (Å²) in [5.41, 5.74) is -0.731. The molecule has 0 saturated carbocycles. The maximum absolute atomic E-state index is 12.6. The molecule has 1 aliphatic heterocycles. The van der Waals surface area contributed by atoms with Gasteiger partial charge in [-0.2, -0.15) is 0 Å². The van der Waals surface area contributed by atoms with Crippen molar-refractivity contribution < 1.29 is 24.1 Å². The van der Waals surface area contributed by atoms with Crippen molar-refractivity contribution in [2.45, 2.75) is 51.1 Å². The Morgan fingerprint density at radius 3 is 2.74 bits per heavy atom. The molecule has 1 aliphatic rings. The monoisotopic (exact) mass is 377 g/mol. The first-order chi connectivity index (χ1) is 12.7. The van der Waals surface area contributed by atoms with Gasteiger partial charge in [0.1, 0.15) is 11.2 Å². The Kier molecular flexibility index (Phi) is 7.41. The van der Waals surface area contributed by atoms with Crippen molar-refractivity contribution in [3.63, 3.8) is 0 Å². The van der Waals surface area contributed by atoms with Crippen molar-refractivity contribution in [3.05, 3.63) is 48.6 Å². The topological polar surface area (TPSA) is 68.2 Å². The first kappa shape index (κ1) is 21.4. The molecule has 0 aromatic heterocycles. The summed E-state index contributed by atoms with van der Waals surface area (Å²) in [6.07, 6.45) is 1.14. The van der Waals surface area contributed by atoms with Crippen LogP contribution in [0.15, 0.2) is 43.0 Å². The molecule has 1 heterocycles. The van der Waals surface area contributed by atoms with Gasteiger partial charge in [-0.15, -0.1) is 6.58 Å². The van der Waals surface area contributed by atoms with Crippen LogP contribution in [0.2, 0.25) is 0 Å². The molecule has 0 spiro atoms. The smallest absolute Gasteiger partial charge is 0.410 e. The van der Waals surface area contributed by atoms with E-state index < -0.39 is 17.3 Å². The number of amides is 1. The van der Waals surface area contributed by atoms with E-state index in [9.17, 15) is 9.90 Å². The summed E-state index contributed by atoms with van der Waals surface area (Å²) in [6.45, 7) is 10.4. The Hall–Kier alpha value is -1.89. The van der Waals surface area contributed by atoms with Gasteiger partial charge in [0.2, 0.25) is 0 Å². The molecular formula is C21H31NO5. The third kappa shape index (κ3) is 7.33. The van der Waals surface area contributed by atoms with Gasteiger partial charge in [-0.25, -0.2) is 4.79 Å². The number of benzene rings is 1. The second kappa shape index (κ2) is 9.35. The van der Waals surface area contributed by atoms with Gasteiger partial charge in [-0.3, -0.25) is 0 Å². The minimum absolute atomic E-state index is 0.109. The number of carbonyl (C=O) groups excluding carboxylic acids is 1. The predicted octanol–water partition coefficient (Wildman–Crippen LogP) is 3.15. The van der Waals surface area contributed by atoms with E-state index in [0.717, 1.165) is 5.56 Å². The molecule has 1 N–H and O–H groups in total. The summed E-state index contributed by atoms with van der Waals surface area (Å²) >= 11 is 0. The third-order valence-electron chi connectivity index (χ3n) is 4.09. The van der Waals surface area contributed by atoms with Crippen LogP contribution in [0.5, 0.6) is 0 Å². The van der Waals surface area contributed by atoms with E-state index >= 15 is 0 Å². The van der Waals surface area contributed by atoms with Crippen molar-refractivity contribution in [1.82, 2.24) is 4.90 Å². The minimum Gasteiger partial charge on any atom is -0.444 e. The second-order valence-electron chi connectivity index (χ2n) is 8.01. The van der Waals surface area contributed by atoms with Gasteiger partial charge in [0.05, 0.1) is 39.0 Å². The summed E-state index contributed by atoms with van der Waals surface area (Å²) < 4.78 is 17.1. The number of rotatable bonds is 6. The fraction of sp³-hybridized carbons (Fsp3) is 0.571. The molecule has 1 saturated heterocycles. The average molecular weight is 377 g/mol. The molecule has 1 aromatic carbocycles. The maximum atomic E-state index is 12.6. The number of hydrogen-bond donors (Lipinski definition) is 1. The zero-order valence-corrected chi connectivity index (χ0v) is 16.5. The van der Waals surface area contributed by atoms with Crippen molar-refractivity contribution in [3.8, 4) is 0 Å². The van der Waals surface area contributed by atoms with E-state index in [1.165, 1.54) is 4.90 Å². The van der Waals surface area contributed by atoms with Crippen molar-refractivity contribution in [1.29, 1.82) is 0 Å². The normalized spacial score (nSPS) is 23.6. The van der Waals surface area contributed by atoms with E-state index in [-0.39, 0.29) is 19.3 Å². The van der Waals surface area contributed by atoms with Gasteiger partial charge < -0.3 is 24.2 Å². The van der Waals surface area contributed by atoms with Crippen LogP contribution in [-0.4, -0.2) is 59.7 Å². The zero-order chi connectivity index (χ0) is 19.9. The maximum Gasteiger partial charge on any atom is 0.410 e. The molecule has 6 heteroatoms. The number of nitrogens with zero attached hydrogens (tertiary/aromatic N) is 1. The minimum atomic E-state index is -1.19. The van der Waals surface area contributed by atoms with Gasteiger partial charge in [-0.1, -0.05) is 36.4 Å². The van der Waals surface area contributed by atoms with Crippen LogP contribution in [0.4, 0.5) is 4.79 Å². The van der Waals surface area contributed by atoms with Crippen molar-refractivity contribution >= 4 is 6.09 Å². The Morgan fingerprint density at radius 1 is 1.41 bits per heavy atom. The molecular weight excluding hydrogens is 346 g/mol. The van der Waals surface area contributed by atoms with E-state index in [2.05, 4.69) is 6.58 Å². The van der Waals surface area contributed by atoms with Crippen LogP contribution in [0.3, 0.4) is 0 Å². The molecule has 0 radical (unpaired) electrons. The van der Waals surface area contributed by atoms with Gasteiger partial charge in [0.25, 0.3) is 0 Å². The van der Waals surface area contributed by atoms with E-state index in [1.54, 1.807) is 6.08 Å². The van der Waals surface area contributed by atoms with Crippen molar-refractivity contribution in [2.24, 2.45) is 0 Å². The lowest BCUT2D eigenvalue weighted by Crippen LogP contribution is -2.48. The number of ether oxygens (including phenoxy) is 3. The molecule has 0 aliphatic carbocycles. The van der Waals surface area contributed by atoms with Gasteiger partial charge in [-0.05, 0) is 32.8 Å². The van der Waals surface area contributed by atoms with Crippen LogP contribution in [0.1, 0.15) is 32.8 Å². The van der Waals surface area contributed by atoms with Crippen LogP contribution >= 0.6 is 0 Å². The lowest BCUT2D eigenvalue weighted by atomic mass is 10.0. The Balaban J connectivity index is 2.00. The summed E-state index contributed by atoms with van der Waals surface area (Å²) in [4.78, 5) is 14.1. The number of β-amino-alcohol motifs (C(OH)–C–C–N with tert-alkyl or cyclic N) is 1. The Bertz CT molecular complexity index is 613. The van der Waals surface area contributed by atoms with Crippen molar-refractivity contribution in [2.75, 3.05) is 26.3 Å². The highest BCUT2D eigenvalue weighted by Crippen LogP contribution is 2.22. The summed E-state index contributed by atoms with van der Waals surface area (Å²) in [7, 11) is 0. The molecule has 150 valence electrons. The summed E-state index contributed by atoms with van der Waals surface area (Å²) in [5, 5.41) is 10.8. The molecule has 2 atom stereocenters. The highest BCUT2D eigenvalue weighted by atomic mass is 16.6. The van der Waals surface area contributed by atoms with Crippen LogP contribution in [0.25, 0.3) is 0 Å². The molecule has 1 amide bonds. The summed E-state index contributed by atoms with van der Waals surface area (Å²) in [6, 6.07) is 9.85. The first-order valence-corrected chi connectivity index (χ1v) is 9.25. The number of hydrogen-bond acceptors (Lipinski definition) is 5. The lowest BCUT2D eigenvalue weighted by molar-refractivity contribution is -0.0722. The molecule has 0 bridgehead atoms. The fourth-order valence-electron chi connectivity index (χ4n) is 2.88. The third-order valence-corrected chi connectivity index (χ3v) is 4.09. The zero-order valence-electron chi connectivity index (χ0n) is 16.5. The molecule has 1 aromatic rings. The highest BCUT2D eigenvalue weighted by Gasteiger charge is 2.38. The fourth-order valence-corrected chi connectivity index (χ4v) is 2.88. The van der Waals surface area contributed by atoms with E-state index in [0.29, 0.717) is 26.2 Å². The van der Waals surface area contributed by atoms with Gasteiger partial charge >= 0.3 is 6.09 Å². The quantitative estimate of drug-likeness (QED) is 0.772. The Morgan fingerprint density at radius 2 is 2.11 bits per heavy atom. The van der Waals surface area contributed by atoms with Crippen LogP contribution < -0.4 is 0 Å². The number of aliphatic hydroxyl groups is 1.